The second kappa shape index (κ2) is 9.88. The van der Waals surface area contributed by atoms with Crippen LogP contribution in [0.2, 0.25) is 0 Å². The number of imidazole rings is 1. The fourth-order valence-electron chi connectivity index (χ4n) is 4.86. The van der Waals surface area contributed by atoms with Crippen LogP contribution in [0.5, 0.6) is 5.75 Å². The van der Waals surface area contributed by atoms with Crippen LogP contribution in [-0.2, 0) is 0 Å². The van der Waals surface area contributed by atoms with Crippen molar-refractivity contribution in [3.63, 3.8) is 0 Å². The number of hydrogen-bond donors (Lipinski definition) is 2. The van der Waals surface area contributed by atoms with Crippen molar-refractivity contribution < 1.29 is 13.5 Å². The molecular formula is C25H32F2N8O. The third-order valence-electron chi connectivity index (χ3n) is 6.87. The summed E-state index contributed by atoms with van der Waals surface area (Å²) in [7, 11) is 4.22. The highest BCUT2D eigenvalue weighted by atomic mass is 19.1. The number of nitrogens with zero attached hydrogens (tertiary/aromatic N) is 6. The van der Waals surface area contributed by atoms with Crippen molar-refractivity contribution in [2.24, 2.45) is 0 Å². The van der Waals surface area contributed by atoms with Crippen molar-refractivity contribution in [2.75, 3.05) is 55.5 Å². The molecule has 1 saturated heterocycles. The number of aromatic nitrogens is 4. The first-order chi connectivity index (χ1) is 17.3. The summed E-state index contributed by atoms with van der Waals surface area (Å²) >= 11 is 0. The van der Waals surface area contributed by atoms with E-state index < -0.39 is 11.6 Å². The molecule has 0 atom stereocenters. The summed E-state index contributed by atoms with van der Waals surface area (Å²) in [5.41, 5.74) is 0.905. The molecule has 192 valence electrons. The van der Waals surface area contributed by atoms with Gasteiger partial charge in [-0.25, -0.2) is 18.7 Å². The van der Waals surface area contributed by atoms with Gasteiger partial charge in [-0.05, 0) is 52.9 Å². The van der Waals surface area contributed by atoms with Gasteiger partial charge in [-0.2, -0.15) is 4.98 Å². The Bertz CT molecular complexity index is 1220. The lowest BCUT2D eigenvalue weighted by Gasteiger charge is -2.35. The Labute approximate surface area is 209 Å². The largest absolute Gasteiger partial charge is 0.486 e. The molecule has 5 rings (SSSR count). The molecule has 11 heteroatoms. The zero-order valence-electron chi connectivity index (χ0n) is 21.1. The van der Waals surface area contributed by atoms with Gasteiger partial charge in [0.25, 0.3) is 0 Å². The lowest BCUT2D eigenvalue weighted by Crippen LogP contribution is -2.42. The summed E-state index contributed by atoms with van der Waals surface area (Å²) in [5, 5.41) is 3.01. The molecule has 2 aromatic heterocycles. The first-order valence-electron chi connectivity index (χ1n) is 12.3. The zero-order chi connectivity index (χ0) is 25.4. The molecule has 0 bridgehead atoms. The maximum Gasteiger partial charge on any atom is 0.230 e. The van der Waals surface area contributed by atoms with E-state index in [1.165, 1.54) is 6.07 Å². The Hall–Kier alpha value is -3.47. The minimum absolute atomic E-state index is 0.000942. The van der Waals surface area contributed by atoms with Crippen LogP contribution in [-0.4, -0.2) is 77.3 Å². The van der Waals surface area contributed by atoms with Crippen LogP contribution in [0.25, 0.3) is 11.3 Å². The molecule has 1 fully saturated rings. The summed E-state index contributed by atoms with van der Waals surface area (Å²) in [4.78, 5) is 22.6. The number of aromatic amines is 1. The number of H-pyrrole nitrogens is 1. The summed E-state index contributed by atoms with van der Waals surface area (Å²) in [6.07, 6.45) is 5.06. The number of benzene rings is 1. The third-order valence-corrected chi connectivity index (χ3v) is 6.87. The minimum Gasteiger partial charge on any atom is -0.486 e. The monoisotopic (exact) mass is 498 g/mol. The van der Waals surface area contributed by atoms with E-state index in [9.17, 15) is 8.78 Å². The van der Waals surface area contributed by atoms with E-state index in [2.05, 4.69) is 49.1 Å². The summed E-state index contributed by atoms with van der Waals surface area (Å²) in [6.45, 7) is 6.91. The molecule has 0 radical (unpaired) electrons. The Kier molecular flexibility index (Phi) is 6.65. The maximum atomic E-state index is 14.9. The fraction of sp³-hybridized carbons (Fsp3) is 0.480. The summed E-state index contributed by atoms with van der Waals surface area (Å²) < 4.78 is 35.3. The minimum atomic E-state index is -0.642. The predicted molar refractivity (Wildman–Crippen MR) is 136 cm³/mol. The van der Waals surface area contributed by atoms with Crippen LogP contribution < -0.4 is 19.9 Å². The van der Waals surface area contributed by atoms with E-state index in [4.69, 9.17) is 4.74 Å². The van der Waals surface area contributed by atoms with E-state index in [-0.39, 0.29) is 23.4 Å². The van der Waals surface area contributed by atoms with Crippen molar-refractivity contribution in [1.29, 1.82) is 0 Å². The van der Waals surface area contributed by atoms with E-state index in [0.29, 0.717) is 36.4 Å². The molecule has 0 amide bonds. The quantitative estimate of drug-likeness (QED) is 0.527. The average molecular weight is 499 g/mol. The molecule has 36 heavy (non-hydrogen) atoms. The van der Waals surface area contributed by atoms with Crippen LogP contribution in [0.1, 0.15) is 26.7 Å². The molecule has 0 spiro atoms. The molecule has 0 unspecified atom stereocenters. The zero-order valence-corrected chi connectivity index (χ0v) is 21.1. The topological polar surface area (TPSA) is 85.4 Å². The lowest BCUT2D eigenvalue weighted by molar-refractivity contribution is 0.249. The van der Waals surface area contributed by atoms with Crippen LogP contribution in [0.3, 0.4) is 0 Å². The predicted octanol–water partition coefficient (Wildman–Crippen LogP) is 4.03. The number of ether oxygens (including phenoxy) is 1. The van der Waals surface area contributed by atoms with Gasteiger partial charge in [-0.15, -0.1) is 0 Å². The van der Waals surface area contributed by atoms with Crippen LogP contribution >= 0.6 is 0 Å². The van der Waals surface area contributed by atoms with Crippen molar-refractivity contribution in [3.05, 3.63) is 36.2 Å². The van der Waals surface area contributed by atoms with Gasteiger partial charge >= 0.3 is 0 Å². The molecule has 2 aliphatic rings. The summed E-state index contributed by atoms with van der Waals surface area (Å²) in [6, 6.07) is 3.68. The van der Waals surface area contributed by atoms with Gasteiger partial charge in [0, 0.05) is 36.9 Å². The van der Waals surface area contributed by atoms with Gasteiger partial charge < -0.3 is 24.4 Å². The van der Waals surface area contributed by atoms with Crippen molar-refractivity contribution >= 4 is 23.4 Å². The van der Waals surface area contributed by atoms with Crippen molar-refractivity contribution in [3.8, 4) is 17.0 Å². The van der Waals surface area contributed by atoms with E-state index in [1.807, 2.05) is 24.9 Å². The van der Waals surface area contributed by atoms with Gasteiger partial charge in [0.05, 0.1) is 18.4 Å². The van der Waals surface area contributed by atoms with Gasteiger partial charge in [0.1, 0.15) is 18.1 Å². The standard InChI is InChI=1S/C25H32F2N8O/c1-15(2)35-9-10-36-23-18(26)11-16(12-20(23)35)22-19(27)13-28-25(31-22)32-24-29-14-21(30-24)34-7-5-17(6-8-34)33(3)4/h11-15,17H,5-10H2,1-4H3,(H2,28,29,30,31,32). The van der Waals surface area contributed by atoms with Gasteiger partial charge in [-0.1, -0.05) is 0 Å². The second-order valence-electron chi connectivity index (χ2n) is 9.75. The molecule has 3 aromatic rings. The van der Waals surface area contributed by atoms with E-state index in [0.717, 1.165) is 37.9 Å². The van der Waals surface area contributed by atoms with Gasteiger partial charge in [-0.3, -0.25) is 5.32 Å². The first-order valence-corrected chi connectivity index (χ1v) is 12.3. The lowest BCUT2D eigenvalue weighted by atomic mass is 10.0. The third kappa shape index (κ3) is 4.79. The second-order valence-corrected chi connectivity index (χ2v) is 9.75. The fourth-order valence-corrected chi connectivity index (χ4v) is 4.86. The van der Waals surface area contributed by atoms with Crippen molar-refractivity contribution in [1.82, 2.24) is 24.8 Å². The Morgan fingerprint density at radius 3 is 2.61 bits per heavy atom. The molecule has 0 aliphatic carbocycles. The number of halogens is 2. The molecule has 0 saturated carbocycles. The molecule has 2 aliphatic heterocycles. The first kappa shape index (κ1) is 24.2. The number of piperidine rings is 1. The van der Waals surface area contributed by atoms with Gasteiger partial charge in [0.15, 0.2) is 17.4 Å². The number of nitrogens with one attached hydrogen (secondary N) is 2. The van der Waals surface area contributed by atoms with E-state index >= 15 is 0 Å². The highest BCUT2D eigenvalue weighted by Gasteiger charge is 2.26. The Morgan fingerprint density at radius 1 is 1.11 bits per heavy atom. The Morgan fingerprint density at radius 2 is 1.89 bits per heavy atom. The molecular weight excluding hydrogens is 466 g/mol. The highest BCUT2D eigenvalue weighted by molar-refractivity contribution is 5.73. The van der Waals surface area contributed by atoms with Gasteiger partial charge in [0.2, 0.25) is 11.9 Å². The Balaban J connectivity index is 1.36. The molecule has 4 heterocycles. The van der Waals surface area contributed by atoms with Crippen molar-refractivity contribution in [2.45, 2.75) is 38.8 Å². The molecule has 2 N–H and O–H groups in total. The van der Waals surface area contributed by atoms with E-state index in [1.54, 1.807) is 6.07 Å². The number of fused-ring (bicyclic) bond motifs is 1. The van der Waals surface area contributed by atoms with Crippen LogP contribution in [0.4, 0.5) is 32.2 Å². The van der Waals surface area contributed by atoms with Crippen LogP contribution in [0, 0.1) is 11.6 Å². The SMILES string of the molecule is CC(C)N1CCOc2c(F)cc(-c3nc(Nc4nc(N5CCC(N(C)C)CC5)c[nH]4)ncc3F)cc21. The number of anilines is 4. The number of rotatable bonds is 6. The highest BCUT2D eigenvalue weighted by Crippen LogP contribution is 2.39. The summed E-state index contributed by atoms with van der Waals surface area (Å²) in [5.74, 6) is 0.444. The average Bonchev–Trinajstić information content (AvgIpc) is 3.33. The maximum absolute atomic E-state index is 14.9. The number of hydrogen-bond acceptors (Lipinski definition) is 8. The van der Waals surface area contributed by atoms with Crippen LogP contribution in [0.15, 0.2) is 24.5 Å². The molecule has 1 aromatic carbocycles. The smallest absolute Gasteiger partial charge is 0.230 e. The normalized spacial score (nSPS) is 16.4. The molecule has 9 nitrogen and oxygen atoms in total.